The second kappa shape index (κ2) is 9.50. The molecule has 0 aliphatic rings. The second-order valence-electron chi connectivity index (χ2n) is 5.68. The maximum absolute atomic E-state index is 3.26. The zero-order chi connectivity index (χ0) is 18.2. The van der Waals surface area contributed by atoms with Gasteiger partial charge in [-0.3, -0.25) is 0 Å². The molecular weight excluding hydrogens is 446 g/mol. The Hall–Kier alpha value is -2.18. The molecule has 0 nitrogen and oxygen atoms in total. The number of hydrogen-bond acceptors (Lipinski definition) is 0. The Morgan fingerprint density at radius 2 is 0.885 bits per heavy atom. The fourth-order valence-corrected chi connectivity index (χ4v) is 3.51. The van der Waals surface area contributed by atoms with Crippen LogP contribution in [0.2, 0.25) is 0 Å². The van der Waals surface area contributed by atoms with Crippen LogP contribution in [-0.2, 0) is 10.6 Å². The molecule has 0 aliphatic carbocycles. The van der Waals surface area contributed by atoms with E-state index < -0.39 is 0 Å². The minimum absolute atomic E-state index is 0.871. The van der Waals surface area contributed by atoms with Crippen LogP contribution >= 0.6 is 0 Å². The van der Waals surface area contributed by atoms with E-state index in [0.717, 1.165) is 32.9 Å². The summed E-state index contributed by atoms with van der Waals surface area (Å²) in [5, 5.41) is 1.74. The molecule has 0 N–H and O–H groups in total. The molecule has 0 unspecified atom stereocenters. The summed E-state index contributed by atoms with van der Waals surface area (Å²) in [6, 6.07) is 24.5. The van der Waals surface area contributed by atoms with Crippen molar-refractivity contribution in [2.75, 3.05) is 0 Å². The van der Waals surface area contributed by atoms with E-state index in [1.807, 2.05) is 48.5 Å². The van der Waals surface area contributed by atoms with Crippen LogP contribution in [0.5, 0.6) is 0 Å². The molecule has 0 heterocycles. The molecule has 3 aromatic rings. The number of benzene rings is 3. The molecule has 0 aliphatic heterocycles. The summed E-state index contributed by atoms with van der Waals surface area (Å²) < 4.78 is 0. The molecule has 124 valence electrons. The fourth-order valence-electron chi connectivity index (χ4n) is 2.45. The van der Waals surface area contributed by atoms with Gasteiger partial charge in [0.25, 0.3) is 0 Å². The summed E-state index contributed by atoms with van der Waals surface area (Å²) in [4.78, 5) is 0. The van der Waals surface area contributed by atoms with Gasteiger partial charge in [0.2, 0.25) is 0 Å². The van der Waals surface area contributed by atoms with Crippen LogP contribution in [0.4, 0.5) is 0 Å². The van der Waals surface area contributed by atoms with Crippen molar-refractivity contribution >= 4 is 32.0 Å². The minimum atomic E-state index is 0.871. The molecule has 0 spiro atoms. The Bertz CT molecular complexity index is 925. The van der Waals surface area contributed by atoms with Crippen molar-refractivity contribution in [3.05, 3.63) is 106 Å². The molecule has 0 amide bonds. The van der Waals surface area contributed by atoms with Crippen molar-refractivity contribution in [3.63, 3.8) is 0 Å². The molecular formula is C24H16Se2. The molecule has 0 saturated carbocycles. The van der Waals surface area contributed by atoms with E-state index in [9.17, 15) is 0 Å². The average Bonchev–Trinajstić information content (AvgIpc) is 2.72. The Morgan fingerprint density at radius 3 is 1.27 bits per heavy atom. The van der Waals surface area contributed by atoms with E-state index in [1.54, 1.807) is 0 Å². The van der Waals surface area contributed by atoms with E-state index >= 15 is 0 Å². The monoisotopic (exact) mass is 464 g/mol. The standard InChI is InChI=1S/C24H16Se2/c25-17-23-7-3-1-5-21(23)15-13-19-9-11-20(12-10-19)14-16-22-6-2-4-8-24(22)18-26/h1-12H,17-18H2. The predicted octanol–water partition coefficient (Wildman–Crippen LogP) is 3.82. The van der Waals surface area contributed by atoms with Crippen LogP contribution in [0.25, 0.3) is 0 Å². The third kappa shape index (κ3) is 4.93. The van der Waals surface area contributed by atoms with Crippen molar-refractivity contribution < 1.29 is 0 Å². The molecule has 2 heteroatoms. The summed E-state index contributed by atoms with van der Waals surface area (Å²) in [5.74, 6) is 13.0. The van der Waals surface area contributed by atoms with Crippen LogP contribution in [0, 0.1) is 23.7 Å². The molecule has 0 fully saturated rings. The van der Waals surface area contributed by atoms with Gasteiger partial charge in [-0.25, -0.2) is 0 Å². The van der Waals surface area contributed by atoms with Crippen LogP contribution < -0.4 is 0 Å². The molecule has 0 aromatic heterocycles. The first-order chi connectivity index (χ1) is 12.8. The summed E-state index contributed by atoms with van der Waals surface area (Å²) in [5.41, 5.74) is 6.60. The number of hydrogen-bond donors (Lipinski definition) is 0. The van der Waals surface area contributed by atoms with Gasteiger partial charge in [-0.15, -0.1) is 0 Å². The molecule has 0 saturated heterocycles. The van der Waals surface area contributed by atoms with Crippen LogP contribution in [0.15, 0.2) is 72.8 Å². The molecule has 3 aromatic carbocycles. The molecule has 0 atom stereocenters. The Labute approximate surface area is 172 Å². The van der Waals surface area contributed by atoms with Gasteiger partial charge in [-0.05, 0) is 0 Å². The summed E-state index contributed by atoms with van der Waals surface area (Å²) in [6.45, 7) is 0. The van der Waals surface area contributed by atoms with Gasteiger partial charge in [0.1, 0.15) is 0 Å². The van der Waals surface area contributed by atoms with Crippen molar-refractivity contribution in [2.45, 2.75) is 10.6 Å². The first-order valence-electron chi connectivity index (χ1n) is 8.26. The topological polar surface area (TPSA) is 0 Å². The van der Waals surface area contributed by atoms with Crippen molar-refractivity contribution in [1.82, 2.24) is 0 Å². The van der Waals surface area contributed by atoms with Gasteiger partial charge in [0.05, 0.1) is 0 Å². The van der Waals surface area contributed by atoms with E-state index in [1.165, 1.54) is 11.1 Å². The predicted molar refractivity (Wildman–Crippen MR) is 110 cm³/mol. The maximum atomic E-state index is 3.26. The van der Waals surface area contributed by atoms with E-state index in [0.29, 0.717) is 0 Å². The normalized spacial score (nSPS) is 9.62. The Balaban J connectivity index is 1.78. The van der Waals surface area contributed by atoms with Gasteiger partial charge >= 0.3 is 173 Å². The first-order valence-corrected chi connectivity index (χ1v) is 10.7. The second-order valence-corrected chi connectivity index (χ2v) is 6.89. The van der Waals surface area contributed by atoms with E-state index in [2.05, 4.69) is 80.0 Å². The zero-order valence-corrected chi connectivity index (χ0v) is 17.6. The summed E-state index contributed by atoms with van der Waals surface area (Å²) in [7, 11) is 0. The van der Waals surface area contributed by atoms with Gasteiger partial charge in [0.15, 0.2) is 0 Å². The van der Waals surface area contributed by atoms with Gasteiger partial charge in [-0.2, -0.15) is 0 Å². The molecule has 26 heavy (non-hydrogen) atoms. The van der Waals surface area contributed by atoms with Crippen LogP contribution in [0.3, 0.4) is 0 Å². The Morgan fingerprint density at radius 1 is 0.500 bits per heavy atom. The summed E-state index contributed by atoms with van der Waals surface area (Å²) >= 11 is 6.11. The van der Waals surface area contributed by atoms with Crippen LogP contribution in [-0.4, -0.2) is 32.0 Å². The third-order valence-electron chi connectivity index (χ3n) is 3.91. The fraction of sp³-hybridized carbons (Fsp3) is 0.0833. The quantitative estimate of drug-likeness (QED) is 0.402. The van der Waals surface area contributed by atoms with Crippen molar-refractivity contribution in [3.8, 4) is 23.7 Å². The zero-order valence-electron chi connectivity index (χ0n) is 14.2. The third-order valence-corrected chi connectivity index (χ3v) is 5.22. The van der Waals surface area contributed by atoms with Gasteiger partial charge in [-0.1, -0.05) is 0 Å². The SMILES string of the molecule is [Se]Cc1ccccc1C#Cc1ccc(C#Cc2ccccc2C[Se])cc1. The Kier molecular flexibility index (Phi) is 6.80. The first kappa shape index (κ1) is 18.6. The average molecular weight is 462 g/mol. The summed E-state index contributed by atoms with van der Waals surface area (Å²) in [6.07, 6.45) is 0. The van der Waals surface area contributed by atoms with E-state index in [4.69, 9.17) is 0 Å². The number of rotatable bonds is 2. The molecule has 2 radical (unpaired) electrons. The van der Waals surface area contributed by atoms with Crippen molar-refractivity contribution in [1.29, 1.82) is 0 Å². The molecule has 0 bridgehead atoms. The molecule has 3 rings (SSSR count). The van der Waals surface area contributed by atoms with Crippen LogP contribution in [0.1, 0.15) is 33.4 Å². The van der Waals surface area contributed by atoms with E-state index in [-0.39, 0.29) is 0 Å². The van der Waals surface area contributed by atoms with Gasteiger partial charge < -0.3 is 0 Å². The van der Waals surface area contributed by atoms with Gasteiger partial charge in [0, 0.05) is 0 Å². The van der Waals surface area contributed by atoms with Crippen molar-refractivity contribution in [2.24, 2.45) is 0 Å².